The number of carbonyl (C=O) groups is 1. The van der Waals surface area contributed by atoms with Crippen molar-refractivity contribution in [3.05, 3.63) is 35.4 Å². The maximum atomic E-state index is 12.4. The van der Waals surface area contributed by atoms with Gasteiger partial charge in [-0.1, -0.05) is 17.7 Å². The molecule has 1 aliphatic rings. The lowest BCUT2D eigenvalue weighted by atomic mass is 10.1. The minimum atomic E-state index is 0.146. The number of hydrogen-bond acceptors (Lipinski definition) is 2. The zero-order chi connectivity index (χ0) is 13.7. The van der Waals surface area contributed by atoms with Crippen LogP contribution in [0.2, 0.25) is 0 Å². The Morgan fingerprint density at radius 1 is 1.16 bits per heavy atom. The molecule has 1 amide bonds. The van der Waals surface area contributed by atoms with Gasteiger partial charge in [0.15, 0.2) is 0 Å². The van der Waals surface area contributed by atoms with Crippen molar-refractivity contribution in [3.63, 3.8) is 0 Å². The molecule has 2 rings (SSSR count). The molecule has 0 radical (unpaired) electrons. The van der Waals surface area contributed by atoms with Crippen molar-refractivity contribution in [2.75, 3.05) is 38.6 Å². The molecule has 1 aliphatic heterocycles. The summed E-state index contributed by atoms with van der Waals surface area (Å²) in [4.78, 5) is 16.7. The van der Waals surface area contributed by atoms with E-state index < -0.39 is 0 Å². The van der Waals surface area contributed by atoms with E-state index in [0.717, 1.165) is 44.7 Å². The fourth-order valence-electron chi connectivity index (χ4n) is 2.40. The standard InChI is InChI=1S/C15H21ClN2O/c1-13-3-5-14(6-4-13)15(19)18-9-2-8-17(10-7-16)11-12-18/h3-6H,2,7-12H2,1H3. The summed E-state index contributed by atoms with van der Waals surface area (Å²) in [6.07, 6.45) is 1.02. The maximum Gasteiger partial charge on any atom is 0.253 e. The van der Waals surface area contributed by atoms with Crippen LogP contribution in [0, 0.1) is 6.92 Å². The van der Waals surface area contributed by atoms with Crippen LogP contribution in [0.5, 0.6) is 0 Å². The van der Waals surface area contributed by atoms with Gasteiger partial charge in [0.05, 0.1) is 0 Å². The smallest absolute Gasteiger partial charge is 0.253 e. The SMILES string of the molecule is Cc1ccc(C(=O)N2CCCN(CCCl)CC2)cc1. The average molecular weight is 281 g/mol. The molecule has 0 saturated carbocycles. The molecule has 104 valence electrons. The van der Waals surface area contributed by atoms with E-state index in [1.54, 1.807) is 0 Å². The first kappa shape index (κ1) is 14.4. The Morgan fingerprint density at radius 3 is 2.58 bits per heavy atom. The van der Waals surface area contributed by atoms with Gasteiger partial charge in [-0.3, -0.25) is 4.79 Å². The quantitative estimate of drug-likeness (QED) is 0.794. The average Bonchev–Trinajstić information content (AvgIpc) is 2.65. The molecule has 1 fully saturated rings. The lowest BCUT2D eigenvalue weighted by molar-refractivity contribution is 0.0762. The van der Waals surface area contributed by atoms with Gasteiger partial charge in [0.2, 0.25) is 0 Å². The molecule has 0 aliphatic carbocycles. The highest BCUT2D eigenvalue weighted by Gasteiger charge is 2.19. The third-order valence-electron chi connectivity index (χ3n) is 3.57. The lowest BCUT2D eigenvalue weighted by Gasteiger charge is -2.21. The van der Waals surface area contributed by atoms with Gasteiger partial charge in [0, 0.05) is 37.6 Å². The number of alkyl halides is 1. The van der Waals surface area contributed by atoms with Crippen LogP contribution in [-0.4, -0.2) is 54.3 Å². The first-order chi connectivity index (χ1) is 9.20. The Labute approximate surface area is 120 Å². The summed E-state index contributed by atoms with van der Waals surface area (Å²) in [6.45, 7) is 6.53. The summed E-state index contributed by atoms with van der Waals surface area (Å²) in [7, 11) is 0. The molecule has 19 heavy (non-hydrogen) atoms. The number of benzene rings is 1. The fraction of sp³-hybridized carbons (Fsp3) is 0.533. The van der Waals surface area contributed by atoms with Gasteiger partial charge >= 0.3 is 0 Å². The van der Waals surface area contributed by atoms with E-state index in [4.69, 9.17) is 11.6 Å². The van der Waals surface area contributed by atoms with Gasteiger partial charge in [0.1, 0.15) is 0 Å². The van der Waals surface area contributed by atoms with Crippen LogP contribution in [-0.2, 0) is 0 Å². The third-order valence-corrected chi connectivity index (χ3v) is 3.74. The first-order valence-electron chi connectivity index (χ1n) is 6.85. The van der Waals surface area contributed by atoms with Crippen molar-refractivity contribution in [2.24, 2.45) is 0 Å². The molecule has 1 aromatic rings. The zero-order valence-electron chi connectivity index (χ0n) is 11.4. The van der Waals surface area contributed by atoms with E-state index in [9.17, 15) is 4.79 Å². The van der Waals surface area contributed by atoms with Gasteiger partial charge in [-0.25, -0.2) is 0 Å². The summed E-state index contributed by atoms with van der Waals surface area (Å²) in [5, 5.41) is 0. The maximum absolute atomic E-state index is 12.4. The summed E-state index contributed by atoms with van der Waals surface area (Å²) in [5.74, 6) is 0.805. The predicted molar refractivity (Wildman–Crippen MR) is 78.9 cm³/mol. The highest BCUT2D eigenvalue weighted by Crippen LogP contribution is 2.10. The number of hydrogen-bond donors (Lipinski definition) is 0. The molecule has 4 heteroatoms. The van der Waals surface area contributed by atoms with E-state index in [1.807, 2.05) is 36.1 Å². The van der Waals surface area contributed by atoms with Crippen molar-refractivity contribution >= 4 is 17.5 Å². The van der Waals surface area contributed by atoms with Crippen molar-refractivity contribution < 1.29 is 4.79 Å². The van der Waals surface area contributed by atoms with Gasteiger partial charge in [-0.15, -0.1) is 11.6 Å². The minimum absolute atomic E-state index is 0.146. The largest absolute Gasteiger partial charge is 0.337 e. The van der Waals surface area contributed by atoms with E-state index >= 15 is 0 Å². The zero-order valence-corrected chi connectivity index (χ0v) is 12.2. The highest BCUT2D eigenvalue weighted by molar-refractivity contribution is 6.18. The van der Waals surface area contributed by atoms with Gasteiger partial charge in [-0.05, 0) is 32.0 Å². The number of rotatable bonds is 3. The molecular weight excluding hydrogens is 260 g/mol. The molecule has 0 N–H and O–H groups in total. The minimum Gasteiger partial charge on any atom is -0.337 e. The Morgan fingerprint density at radius 2 is 1.89 bits per heavy atom. The van der Waals surface area contributed by atoms with E-state index in [2.05, 4.69) is 4.90 Å². The predicted octanol–water partition coefficient (Wildman–Crippen LogP) is 2.38. The van der Waals surface area contributed by atoms with Crippen LogP contribution in [0.1, 0.15) is 22.3 Å². The highest BCUT2D eigenvalue weighted by atomic mass is 35.5. The Balaban J connectivity index is 1.98. The van der Waals surface area contributed by atoms with Crippen LogP contribution < -0.4 is 0 Å². The topological polar surface area (TPSA) is 23.6 Å². The second-order valence-electron chi connectivity index (χ2n) is 5.04. The van der Waals surface area contributed by atoms with Crippen LogP contribution in [0.15, 0.2) is 24.3 Å². The molecule has 3 nitrogen and oxygen atoms in total. The second-order valence-corrected chi connectivity index (χ2v) is 5.42. The van der Waals surface area contributed by atoms with Crippen molar-refractivity contribution in [1.29, 1.82) is 0 Å². The number of aryl methyl sites for hydroxylation is 1. The van der Waals surface area contributed by atoms with E-state index in [1.165, 1.54) is 5.56 Å². The van der Waals surface area contributed by atoms with Crippen molar-refractivity contribution in [3.8, 4) is 0 Å². The van der Waals surface area contributed by atoms with Gasteiger partial charge < -0.3 is 9.80 Å². The van der Waals surface area contributed by atoms with Crippen LogP contribution in [0.25, 0.3) is 0 Å². The summed E-state index contributed by atoms with van der Waals surface area (Å²) >= 11 is 5.78. The molecule has 0 spiro atoms. The van der Waals surface area contributed by atoms with E-state index in [0.29, 0.717) is 5.88 Å². The molecule has 0 bridgehead atoms. The van der Waals surface area contributed by atoms with Crippen LogP contribution in [0.4, 0.5) is 0 Å². The molecule has 0 aromatic heterocycles. The molecule has 1 saturated heterocycles. The van der Waals surface area contributed by atoms with Crippen molar-refractivity contribution in [2.45, 2.75) is 13.3 Å². The van der Waals surface area contributed by atoms with E-state index in [-0.39, 0.29) is 5.91 Å². The summed E-state index contributed by atoms with van der Waals surface area (Å²) in [5.41, 5.74) is 1.97. The summed E-state index contributed by atoms with van der Waals surface area (Å²) < 4.78 is 0. The molecule has 1 heterocycles. The second kappa shape index (κ2) is 6.92. The number of halogens is 1. The fourth-order valence-corrected chi connectivity index (χ4v) is 2.63. The van der Waals surface area contributed by atoms with Crippen LogP contribution in [0.3, 0.4) is 0 Å². The number of amides is 1. The van der Waals surface area contributed by atoms with Crippen molar-refractivity contribution in [1.82, 2.24) is 9.80 Å². The Kier molecular flexibility index (Phi) is 5.23. The Hall–Kier alpha value is -1.06. The molecule has 1 aromatic carbocycles. The molecule has 0 unspecified atom stereocenters. The summed E-state index contributed by atoms with van der Waals surface area (Å²) in [6, 6.07) is 7.81. The van der Waals surface area contributed by atoms with Crippen LogP contribution >= 0.6 is 11.6 Å². The molecular formula is C15H21ClN2O. The number of nitrogens with zero attached hydrogens (tertiary/aromatic N) is 2. The lowest BCUT2D eigenvalue weighted by Crippen LogP contribution is -2.35. The first-order valence-corrected chi connectivity index (χ1v) is 7.38. The normalized spacial score (nSPS) is 17.3. The number of carbonyl (C=O) groups excluding carboxylic acids is 1. The van der Waals surface area contributed by atoms with Gasteiger partial charge in [0.25, 0.3) is 5.91 Å². The molecule has 0 atom stereocenters. The third kappa shape index (κ3) is 3.95. The van der Waals surface area contributed by atoms with Gasteiger partial charge in [-0.2, -0.15) is 0 Å². The Bertz CT molecular complexity index is 419. The monoisotopic (exact) mass is 280 g/mol.